The normalized spacial score (nSPS) is 11.5. The smallest absolute Gasteiger partial charge is 0.305 e. The van der Waals surface area contributed by atoms with E-state index in [1.807, 2.05) is 0 Å². The lowest BCUT2D eigenvalue weighted by atomic mass is 10.3. The van der Waals surface area contributed by atoms with E-state index in [9.17, 15) is 18.8 Å². The van der Waals surface area contributed by atoms with E-state index in [-0.39, 0.29) is 17.9 Å². The van der Waals surface area contributed by atoms with Crippen molar-refractivity contribution in [3.8, 4) is 5.75 Å². The summed E-state index contributed by atoms with van der Waals surface area (Å²) < 4.78 is 25.1. The first-order valence-corrected chi connectivity index (χ1v) is 8.69. The van der Waals surface area contributed by atoms with Crippen LogP contribution in [-0.2, 0) is 11.3 Å². The van der Waals surface area contributed by atoms with Gasteiger partial charge in [-0.3, -0.25) is 25.2 Å². The van der Waals surface area contributed by atoms with Crippen molar-refractivity contribution >= 4 is 11.8 Å². The van der Waals surface area contributed by atoms with Gasteiger partial charge in [0.1, 0.15) is 17.3 Å². The lowest BCUT2D eigenvalue weighted by molar-refractivity contribution is -0.128. The number of carbonyl (C=O) groups excluding carboxylic acids is 2. The lowest BCUT2D eigenvalue weighted by Crippen LogP contribution is -2.47. The molecule has 1 aromatic carbocycles. The maximum atomic E-state index is 12.9. The number of furan rings is 1. The summed E-state index contributed by atoms with van der Waals surface area (Å²) in [4.78, 5) is 35.9. The molecule has 0 bridgehead atoms. The zero-order chi connectivity index (χ0) is 20.8. The van der Waals surface area contributed by atoms with Gasteiger partial charge in [-0.2, -0.15) is 0 Å². The zero-order valence-electron chi connectivity index (χ0n) is 15.4. The molecule has 0 aliphatic rings. The Labute approximate surface area is 164 Å². The number of hydrogen-bond donors (Lipinski definition) is 2. The number of hydrazine groups is 1. The maximum absolute atomic E-state index is 12.9. The van der Waals surface area contributed by atoms with Crippen LogP contribution < -0.4 is 21.1 Å². The average Bonchev–Trinajstić information content (AvgIpc) is 3.18. The molecule has 0 saturated heterocycles. The van der Waals surface area contributed by atoms with Gasteiger partial charge >= 0.3 is 5.91 Å². The molecule has 9 heteroatoms. The third-order valence-electron chi connectivity index (χ3n) is 3.91. The highest BCUT2D eigenvalue weighted by Gasteiger charge is 2.17. The van der Waals surface area contributed by atoms with Gasteiger partial charge in [0.25, 0.3) is 11.5 Å². The van der Waals surface area contributed by atoms with Crippen LogP contribution >= 0.6 is 0 Å². The van der Waals surface area contributed by atoms with Gasteiger partial charge in [-0.05, 0) is 49.4 Å². The molecule has 8 nitrogen and oxygen atoms in total. The Balaban J connectivity index is 1.52. The largest absolute Gasteiger partial charge is 0.481 e. The topological polar surface area (TPSA) is 103 Å². The number of benzene rings is 1. The van der Waals surface area contributed by atoms with Gasteiger partial charge in [-0.15, -0.1) is 0 Å². The van der Waals surface area contributed by atoms with Crippen molar-refractivity contribution in [1.82, 2.24) is 15.4 Å². The van der Waals surface area contributed by atoms with E-state index >= 15 is 0 Å². The fourth-order valence-corrected chi connectivity index (χ4v) is 2.40. The van der Waals surface area contributed by atoms with Crippen LogP contribution in [0.1, 0.15) is 23.2 Å². The molecule has 2 N–H and O–H groups in total. The summed E-state index contributed by atoms with van der Waals surface area (Å²) >= 11 is 0. The number of carbonyl (C=O) groups is 2. The molecule has 1 unspecified atom stereocenters. The molecule has 0 spiro atoms. The second kappa shape index (κ2) is 8.87. The maximum Gasteiger partial charge on any atom is 0.305 e. The molecule has 0 aliphatic carbocycles. The number of nitrogens with zero attached hydrogens (tertiary/aromatic N) is 1. The minimum absolute atomic E-state index is 0.0311. The summed E-state index contributed by atoms with van der Waals surface area (Å²) in [5.41, 5.74) is 4.25. The van der Waals surface area contributed by atoms with E-state index in [4.69, 9.17) is 9.15 Å². The minimum atomic E-state index is -0.933. The number of nitrogens with one attached hydrogen (secondary N) is 2. The monoisotopic (exact) mass is 399 g/mol. The summed E-state index contributed by atoms with van der Waals surface area (Å²) in [5.74, 6) is -1.01. The van der Waals surface area contributed by atoms with Gasteiger partial charge in [0.15, 0.2) is 11.9 Å². The molecular formula is C20H18FN3O5. The number of hydrogen-bond acceptors (Lipinski definition) is 5. The predicted molar refractivity (Wildman–Crippen MR) is 101 cm³/mol. The molecule has 1 atom stereocenters. The number of pyridine rings is 1. The van der Waals surface area contributed by atoms with Gasteiger partial charge in [-0.1, -0.05) is 6.07 Å². The minimum Gasteiger partial charge on any atom is -0.481 e. The molecular weight excluding hydrogens is 381 g/mol. The Bertz CT molecular complexity index is 1060. The molecule has 0 fully saturated rings. The summed E-state index contributed by atoms with van der Waals surface area (Å²) in [6.45, 7) is 1.65. The van der Waals surface area contributed by atoms with Gasteiger partial charge < -0.3 is 13.7 Å². The second-order valence-electron chi connectivity index (χ2n) is 6.09. The third-order valence-corrected chi connectivity index (χ3v) is 3.91. The van der Waals surface area contributed by atoms with Crippen molar-refractivity contribution < 1.29 is 23.1 Å². The van der Waals surface area contributed by atoms with Crippen LogP contribution in [0, 0.1) is 5.82 Å². The van der Waals surface area contributed by atoms with Crippen LogP contribution in [0.3, 0.4) is 0 Å². The van der Waals surface area contributed by atoms with E-state index in [1.165, 1.54) is 47.9 Å². The molecule has 3 rings (SSSR count). The Kier molecular flexibility index (Phi) is 6.08. The number of aromatic nitrogens is 1. The van der Waals surface area contributed by atoms with Gasteiger partial charge in [-0.25, -0.2) is 4.39 Å². The summed E-state index contributed by atoms with van der Waals surface area (Å²) in [6, 6.07) is 13.0. The fourth-order valence-electron chi connectivity index (χ4n) is 2.40. The van der Waals surface area contributed by atoms with Crippen LogP contribution in [-0.4, -0.2) is 22.5 Å². The number of halogens is 1. The molecule has 2 heterocycles. The Morgan fingerprint density at radius 3 is 2.59 bits per heavy atom. The first kappa shape index (κ1) is 19.9. The van der Waals surface area contributed by atoms with Gasteiger partial charge in [0, 0.05) is 12.3 Å². The van der Waals surface area contributed by atoms with Crippen molar-refractivity contribution in [2.75, 3.05) is 0 Å². The number of amides is 2. The van der Waals surface area contributed by atoms with E-state index in [1.54, 1.807) is 24.4 Å². The third kappa shape index (κ3) is 5.32. The molecule has 2 aromatic heterocycles. The Morgan fingerprint density at radius 2 is 1.86 bits per heavy atom. The van der Waals surface area contributed by atoms with E-state index in [0.717, 1.165) is 0 Å². The van der Waals surface area contributed by atoms with Crippen LogP contribution in [0.25, 0.3) is 0 Å². The van der Waals surface area contributed by atoms with Crippen molar-refractivity contribution in [2.24, 2.45) is 0 Å². The van der Waals surface area contributed by atoms with Crippen LogP contribution in [0.15, 0.2) is 70.0 Å². The molecule has 0 radical (unpaired) electrons. The van der Waals surface area contributed by atoms with Crippen LogP contribution in [0.5, 0.6) is 5.75 Å². The summed E-state index contributed by atoms with van der Waals surface area (Å²) in [7, 11) is 0. The lowest BCUT2D eigenvalue weighted by Gasteiger charge is -2.14. The second-order valence-corrected chi connectivity index (χ2v) is 6.09. The van der Waals surface area contributed by atoms with Gasteiger partial charge in [0.05, 0.1) is 6.54 Å². The number of rotatable bonds is 6. The van der Waals surface area contributed by atoms with Crippen molar-refractivity contribution in [2.45, 2.75) is 19.6 Å². The molecule has 2 amide bonds. The fraction of sp³-hybridized carbons (Fsp3) is 0.150. The first-order chi connectivity index (χ1) is 13.9. The standard InChI is InChI=1S/C20H18FN3O5/c1-13(28-15-7-5-14(21)6-8-15)19(26)22-23-20(27)17-10-9-16(29-17)12-24-11-3-2-4-18(24)25/h2-11,13H,12H2,1H3,(H,22,26)(H,23,27). The molecule has 29 heavy (non-hydrogen) atoms. The highest BCUT2D eigenvalue weighted by molar-refractivity contribution is 5.93. The first-order valence-electron chi connectivity index (χ1n) is 8.69. The Morgan fingerprint density at radius 1 is 1.10 bits per heavy atom. The zero-order valence-corrected chi connectivity index (χ0v) is 15.4. The van der Waals surface area contributed by atoms with E-state index in [2.05, 4.69) is 10.9 Å². The van der Waals surface area contributed by atoms with Gasteiger partial charge in [0.2, 0.25) is 0 Å². The van der Waals surface area contributed by atoms with E-state index in [0.29, 0.717) is 11.5 Å². The van der Waals surface area contributed by atoms with E-state index < -0.39 is 23.7 Å². The Hall–Kier alpha value is -3.88. The highest BCUT2D eigenvalue weighted by Crippen LogP contribution is 2.13. The quantitative estimate of drug-likeness (QED) is 0.616. The van der Waals surface area contributed by atoms with Crippen LogP contribution in [0.2, 0.25) is 0 Å². The molecule has 0 saturated carbocycles. The molecule has 0 aliphatic heterocycles. The van der Waals surface area contributed by atoms with Crippen LogP contribution in [0.4, 0.5) is 4.39 Å². The molecule has 150 valence electrons. The van der Waals surface area contributed by atoms with Crippen molar-refractivity contribution in [3.05, 3.63) is 88.5 Å². The summed E-state index contributed by atoms with van der Waals surface area (Å²) in [5, 5.41) is 0. The van der Waals surface area contributed by atoms with Crippen molar-refractivity contribution in [1.29, 1.82) is 0 Å². The summed E-state index contributed by atoms with van der Waals surface area (Å²) in [6.07, 6.45) is 0.672. The highest BCUT2D eigenvalue weighted by atomic mass is 19.1. The van der Waals surface area contributed by atoms with Crippen molar-refractivity contribution in [3.63, 3.8) is 0 Å². The number of ether oxygens (including phenoxy) is 1. The predicted octanol–water partition coefficient (Wildman–Crippen LogP) is 1.86. The average molecular weight is 399 g/mol. The molecule has 3 aromatic rings. The SMILES string of the molecule is CC(Oc1ccc(F)cc1)C(=O)NNC(=O)c1ccc(Cn2ccccc2=O)o1.